The Bertz CT molecular complexity index is 1080. The molecule has 37 heavy (non-hydrogen) atoms. The number of nitrogens with one attached hydrogen (secondary N) is 1. The van der Waals surface area contributed by atoms with Crippen LogP contribution in [-0.2, 0) is 17.8 Å². The van der Waals surface area contributed by atoms with Gasteiger partial charge in [0.25, 0.3) is 0 Å². The topological polar surface area (TPSA) is 67.2 Å². The van der Waals surface area contributed by atoms with Gasteiger partial charge in [0.05, 0.1) is 5.69 Å². The predicted molar refractivity (Wildman–Crippen MR) is 148 cm³/mol. The molecule has 5 nitrogen and oxygen atoms in total. The average Bonchev–Trinajstić information content (AvgIpc) is 3.37. The Kier molecular flexibility index (Phi) is 6.31. The fourth-order valence-electron chi connectivity index (χ4n) is 10.3. The van der Waals surface area contributed by atoms with Crippen LogP contribution in [0.1, 0.15) is 104 Å². The second-order valence-electron chi connectivity index (χ2n) is 14.2. The van der Waals surface area contributed by atoms with Crippen LogP contribution in [0.5, 0.6) is 0 Å². The molecule has 0 saturated heterocycles. The van der Waals surface area contributed by atoms with Crippen molar-refractivity contribution in [3.05, 3.63) is 23.0 Å². The summed E-state index contributed by atoms with van der Waals surface area (Å²) in [4.78, 5) is 12.6. The van der Waals surface area contributed by atoms with E-state index >= 15 is 0 Å². The minimum absolute atomic E-state index is 0.0172. The standard InChI is InChI=1S/C32H49N3O2/c1-6-33-24-9-7-22(8-10-24)18-35-19-23-17-30(4)26-11-13-31(5)27(12-14-32(31,37)21(3)36)25(26)15-20(2)28(30)16-29(23)34-35/h16,19-20,22,24-27,33,37H,6-15,17-18H2,1-5H3/t20-,22?,24?,25+,26-,27-,30+,31-,32-/m0/s1. The summed E-state index contributed by atoms with van der Waals surface area (Å²) >= 11 is 0. The number of Topliss-reactive ketones (excluding diaryl/α,β-unsaturated/α-hetero) is 1. The molecular formula is C32H49N3O2. The molecule has 0 amide bonds. The van der Waals surface area contributed by atoms with E-state index in [1.54, 1.807) is 12.5 Å². The second kappa shape index (κ2) is 9.05. The fraction of sp³-hybridized carbons (Fsp3) is 0.812. The van der Waals surface area contributed by atoms with Crippen LogP contribution >= 0.6 is 0 Å². The van der Waals surface area contributed by atoms with Crippen LogP contribution in [0, 0.1) is 40.4 Å². The van der Waals surface area contributed by atoms with Crippen molar-refractivity contribution < 1.29 is 9.90 Å². The summed E-state index contributed by atoms with van der Waals surface area (Å²) in [6.45, 7) is 13.1. The maximum atomic E-state index is 12.6. The summed E-state index contributed by atoms with van der Waals surface area (Å²) in [6.07, 6.45) is 16.0. The lowest BCUT2D eigenvalue weighted by Crippen LogP contribution is -2.58. The van der Waals surface area contributed by atoms with E-state index in [2.05, 4.69) is 50.0 Å². The van der Waals surface area contributed by atoms with Crippen molar-refractivity contribution in [1.29, 1.82) is 0 Å². The normalized spacial score (nSPS) is 44.9. The molecule has 7 atom stereocenters. The van der Waals surface area contributed by atoms with Crippen LogP contribution in [0.15, 0.2) is 11.8 Å². The van der Waals surface area contributed by atoms with Gasteiger partial charge >= 0.3 is 0 Å². The maximum Gasteiger partial charge on any atom is 0.161 e. The first-order chi connectivity index (χ1) is 17.6. The number of hydrogen-bond donors (Lipinski definition) is 2. The number of ketones is 1. The molecule has 5 heteroatoms. The number of carbonyl (C=O) groups is 1. The van der Waals surface area contributed by atoms with Crippen molar-refractivity contribution in [2.45, 2.75) is 117 Å². The third kappa shape index (κ3) is 3.84. The molecule has 2 N–H and O–H groups in total. The predicted octanol–water partition coefficient (Wildman–Crippen LogP) is 5.80. The van der Waals surface area contributed by atoms with E-state index in [1.165, 1.54) is 43.4 Å². The molecule has 0 radical (unpaired) electrons. The SMILES string of the molecule is CCNC1CCC(Cn2cc3c(n2)C=C2[C@@H](C)C[C@@H]4[C@H](CC[C@@]5(C)[C@H]4CC[C@]5(O)C(C)=O)[C@@]2(C)C3)CC1. The molecule has 6 rings (SSSR count). The van der Waals surface area contributed by atoms with Gasteiger partial charge in [0.15, 0.2) is 5.78 Å². The lowest BCUT2D eigenvalue weighted by molar-refractivity contribution is -0.160. The second-order valence-corrected chi connectivity index (χ2v) is 14.2. The molecule has 0 aliphatic heterocycles. The maximum absolute atomic E-state index is 12.6. The third-order valence-corrected chi connectivity index (χ3v) is 12.3. The minimum atomic E-state index is -1.13. The first kappa shape index (κ1) is 25.8. The summed E-state index contributed by atoms with van der Waals surface area (Å²) in [5.41, 5.74) is 3.02. The van der Waals surface area contributed by atoms with Crippen molar-refractivity contribution in [1.82, 2.24) is 15.1 Å². The van der Waals surface area contributed by atoms with Gasteiger partial charge < -0.3 is 10.4 Å². The lowest BCUT2D eigenvalue weighted by atomic mass is 9.44. The molecule has 0 spiro atoms. The van der Waals surface area contributed by atoms with Crippen molar-refractivity contribution in [2.75, 3.05) is 6.54 Å². The molecule has 0 unspecified atom stereocenters. The quantitative estimate of drug-likeness (QED) is 0.529. The van der Waals surface area contributed by atoms with Gasteiger partial charge in [-0.3, -0.25) is 9.48 Å². The Morgan fingerprint density at radius 3 is 2.57 bits per heavy atom. The zero-order chi connectivity index (χ0) is 26.2. The molecule has 0 aromatic carbocycles. The van der Waals surface area contributed by atoms with E-state index in [-0.39, 0.29) is 16.6 Å². The van der Waals surface area contributed by atoms with Crippen LogP contribution < -0.4 is 5.32 Å². The van der Waals surface area contributed by atoms with Gasteiger partial charge in [0, 0.05) is 24.2 Å². The Labute approximate surface area is 223 Å². The number of fused-ring (bicyclic) bond motifs is 6. The Balaban J connectivity index is 1.22. The smallest absolute Gasteiger partial charge is 0.161 e. The van der Waals surface area contributed by atoms with E-state index in [0.29, 0.717) is 36.1 Å². The van der Waals surface area contributed by atoms with Gasteiger partial charge in [0.1, 0.15) is 5.60 Å². The van der Waals surface area contributed by atoms with Crippen molar-refractivity contribution in [3.8, 4) is 0 Å². The van der Waals surface area contributed by atoms with Gasteiger partial charge in [0.2, 0.25) is 0 Å². The van der Waals surface area contributed by atoms with Gasteiger partial charge in [-0.05, 0) is 124 Å². The largest absolute Gasteiger partial charge is 0.382 e. The molecule has 1 heterocycles. The van der Waals surface area contributed by atoms with E-state index < -0.39 is 5.60 Å². The number of allylic oxidation sites excluding steroid dienone is 1. The number of hydrogen-bond acceptors (Lipinski definition) is 4. The first-order valence-corrected chi connectivity index (χ1v) is 15.3. The number of aromatic nitrogens is 2. The first-order valence-electron chi connectivity index (χ1n) is 15.3. The minimum Gasteiger partial charge on any atom is -0.382 e. The molecule has 5 aliphatic rings. The van der Waals surface area contributed by atoms with Crippen LogP contribution in [0.25, 0.3) is 6.08 Å². The molecule has 5 aliphatic carbocycles. The summed E-state index contributed by atoms with van der Waals surface area (Å²) in [6, 6.07) is 0.706. The zero-order valence-electron chi connectivity index (χ0n) is 23.9. The third-order valence-electron chi connectivity index (χ3n) is 12.3. The highest BCUT2D eigenvalue weighted by Gasteiger charge is 2.66. The molecule has 4 fully saturated rings. The van der Waals surface area contributed by atoms with Crippen LogP contribution in [0.4, 0.5) is 0 Å². The number of aliphatic hydroxyl groups is 1. The van der Waals surface area contributed by atoms with Gasteiger partial charge in [-0.15, -0.1) is 0 Å². The van der Waals surface area contributed by atoms with E-state index in [0.717, 1.165) is 44.7 Å². The lowest BCUT2D eigenvalue weighted by Gasteiger charge is -2.60. The Morgan fingerprint density at radius 2 is 1.86 bits per heavy atom. The Hall–Kier alpha value is -1.46. The molecule has 1 aromatic heterocycles. The number of rotatable bonds is 5. The van der Waals surface area contributed by atoms with E-state index in [1.807, 2.05) is 0 Å². The van der Waals surface area contributed by atoms with Crippen LogP contribution in [0.2, 0.25) is 0 Å². The molecule has 1 aromatic rings. The molecule has 4 saturated carbocycles. The fourth-order valence-corrected chi connectivity index (χ4v) is 10.3. The van der Waals surface area contributed by atoms with Crippen molar-refractivity contribution >= 4 is 11.9 Å². The Morgan fingerprint density at radius 1 is 1.14 bits per heavy atom. The van der Waals surface area contributed by atoms with Gasteiger partial charge in [-0.25, -0.2) is 0 Å². The number of nitrogens with zero attached hydrogens (tertiary/aromatic N) is 2. The average molecular weight is 508 g/mol. The van der Waals surface area contributed by atoms with Crippen molar-refractivity contribution in [3.63, 3.8) is 0 Å². The highest BCUT2D eigenvalue weighted by Crippen LogP contribution is 2.68. The van der Waals surface area contributed by atoms with Crippen LogP contribution in [-0.4, -0.2) is 38.9 Å². The van der Waals surface area contributed by atoms with E-state index in [4.69, 9.17) is 5.10 Å². The van der Waals surface area contributed by atoms with Crippen LogP contribution in [0.3, 0.4) is 0 Å². The summed E-state index contributed by atoms with van der Waals surface area (Å²) < 4.78 is 2.27. The van der Waals surface area contributed by atoms with Gasteiger partial charge in [-0.2, -0.15) is 5.10 Å². The summed E-state index contributed by atoms with van der Waals surface area (Å²) in [7, 11) is 0. The highest BCUT2D eigenvalue weighted by molar-refractivity contribution is 5.86. The van der Waals surface area contributed by atoms with E-state index in [9.17, 15) is 9.90 Å². The monoisotopic (exact) mass is 507 g/mol. The molecule has 204 valence electrons. The molecule has 0 bridgehead atoms. The summed E-state index contributed by atoms with van der Waals surface area (Å²) in [5.74, 6) is 2.91. The molecular weight excluding hydrogens is 458 g/mol. The van der Waals surface area contributed by atoms with Crippen molar-refractivity contribution in [2.24, 2.45) is 40.4 Å². The number of carbonyl (C=O) groups excluding carboxylic acids is 1. The van der Waals surface area contributed by atoms with Gasteiger partial charge in [-0.1, -0.05) is 33.3 Å². The summed E-state index contributed by atoms with van der Waals surface area (Å²) in [5, 5.41) is 20.3. The highest BCUT2D eigenvalue weighted by atomic mass is 16.3. The zero-order valence-corrected chi connectivity index (χ0v) is 23.9.